The lowest BCUT2D eigenvalue weighted by molar-refractivity contribution is -0.137. The third kappa shape index (κ3) is 3.26. The van der Waals surface area contributed by atoms with E-state index in [1.165, 1.54) is 17.0 Å². The van der Waals surface area contributed by atoms with Gasteiger partial charge in [0.05, 0.1) is 22.7 Å². The molecule has 128 valence electrons. The molecule has 4 nitrogen and oxygen atoms in total. The van der Waals surface area contributed by atoms with Gasteiger partial charge < -0.3 is 9.47 Å². The van der Waals surface area contributed by atoms with E-state index in [4.69, 9.17) is 11.6 Å². The molecule has 1 aliphatic rings. The first kappa shape index (κ1) is 18.2. The molecule has 0 bridgehead atoms. The van der Waals surface area contributed by atoms with Gasteiger partial charge in [-0.2, -0.15) is 13.2 Å². The van der Waals surface area contributed by atoms with Crippen LogP contribution in [0.25, 0.3) is 0 Å². The number of fused-ring (bicyclic) bond motifs is 1. The van der Waals surface area contributed by atoms with E-state index in [-0.39, 0.29) is 12.1 Å². The minimum atomic E-state index is -4.60. The molecular formula is C14H9ClF3I2N3O. The number of carbonyl (C=O) groups is 1. The number of nitrogens with zero attached hydrogens (tertiary/aromatic N) is 3. The number of amides is 1. The number of aromatic nitrogens is 2. The highest BCUT2D eigenvalue weighted by molar-refractivity contribution is 14.1. The maximum Gasteiger partial charge on any atom is 0.417 e. The van der Waals surface area contributed by atoms with Crippen molar-refractivity contribution in [3.63, 3.8) is 0 Å². The van der Waals surface area contributed by atoms with Gasteiger partial charge in [0.15, 0.2) is 0 Å². The van der Waals surface area contributed by atoms with Gasteiger partial charge in [-0.15, -0.1) is 0 Å². The summed E-state index contributed by atoms with van der Waals surface area (Å²) in [5.41, 5.74) is -1.14. The van der Waals surface area contributed by atoms with Crippen molar-refractivity contribution >= 4 is 62.7 Å². The number of rotatable bonds is 1. The Morgan fingerprint density at radius 3 is 2.62 bits per heavy atom. The van der Waals surface area contributed by atoms with Crippen LogP contribution in [0.5, 0.6) is 0 Å². The molecule has 0 spiro atoms. The summed E-state index contributed by atoms with van der Waals surface area (Å²) in [7, 11) is 0. The molecule has 1 aromatic carbocycles. The summed E-state index contributed by atoms with van der Waals surface area (Å²) in [4.78, 5) is 18.5. The third-order valence-electron chi connectivity index (χ3n) is 3.69. The first-order valence-electron chi connectivity index (χ1n) is 6.75. The molecule has 3 rings (SSSR count). The molecule has 2 aromatic rings. The number of halogens is 6. The molecule has 10 heteroatoms. The molecule has 0 atom stereocenters. The van der Waals surface area contributed by atoms with Crippen LogP contribution in [0.1, 0.15) is 21.7 Å². The first-order chi connectivity index (χ1) is 11.2. The Labute approximate surface area is 167 Å². The van der Waals surface area contributed by atoms with E-state index in [0.717, 1.165) is 13.5 Å². The lowest BCUT2D eigenvalue weighted by Gasteiger charge is -2.28. The number of hydrogen-bond donors (Lipinski definition) is 0. The molecule has 0 fully saturated rings. The zero-order valence-corrected chi connectivity index (χ0v) is 16.9. The Morgan fingerprint density at radius 1 is 1.25 bits per heavy atom. The lowest BCUT2D eigenvalue weighted by atomic mass is 10.1. The zero-order valence-electron chi connectivity index (χ0n) is 11.9. The van der Waals surface area contributed by atoms with Crippen molar-refractivity contribution in [3.05, 3.63) is 47.6 Å². The fourth-order valence-electron chi connectivity index (χ4n) is 2.52. The van der Waals surface area contributed by atoms with Gasteiger partial charge in [0.1, 0.15) is 13.2 Å². The van der Waals surface area contributed by atoms with E-state index in [1.54, 1.807) is 0 Å². The lowest BCUT2D eigenvalue weighted by Crippen LogP contribution is -2.39. The van der Waals surface area contributed by atoms with Gasteiger partial charge in [-0.3, -0.25) is 4.79 Å². The Morgan fingerprint density at radius 2 is 1.96 bits per heavy atom. The van der Waals surface area contributed by atoms with E-state index in [9.17, 15) is 18.0 Å². The number of carbonyl (C=O) groups excluding carboxylic acids is 1. The van der Waals surface area contributed by atoms with Gasteiger partial charge in [-0.1, -0.05) is 17.7 Å². The Balaban J connectivity index is 1.91. The summed E-state index contributed by atoms with van der Waals surface area (Å²) in [6.07, 6.45) is -4.60. The van der Waals surface area contributed by atoms with E-state index in [0.29, 0.717) is 18.9 Å². The first-order valence-corrected chi connectivity index (χ1v) is 9.29. The summed E-state index contributed by atoms with van der Waals surface area (Å²) in [6.45, 7) is 1.18. The second-order valence-electron chi connectivity index (χ2n) is 5.15. The maximum atomic E-state index is 13.0. The summed E-state index contributed by atoms with van der Waals surface area (Å²) < 4.78 is 42.7. The summed E-state index contributed by atoms with van der Waals surface area (Å²) in [5.74, 6) is 0.192. The topological polar surface area (TPSA) is 38.1 Å². The van der Waals surface area contributed by atoms with Crippen LogP contribution < -0.4 is 0 Å². The van der Waals surface area contributed by atoms with Crippen molar-refractivity contribution in [3.8, 4) is 0 Å². The highest BCUT2D eigenvalue weighted by atomic mass is 127. The van der Waals surface area contributed by atoms with Crippen LogP contribution in [0.2, 0.25) is 5.02 Å². The number of hydrogen-bond acceptors (Lipinski definition) is 2. The van der Waals surface area contributed by atoms with Crippen LogP contribution in [-0.4, -0.2) is 26.9 Å². The van der Waals surface area contributed by atoms with E-state index in [1.807, 2.05) is 4.57 Å². The SMILES string of the molecule is O=C(c1cccc(C(F)(F)F)c1Cl)N1CCn2c(nc(I)c2I)C1. The molecule has 0 radical (unpaired) electrons. The van der Waals surface area contributed by atoms with Gasteiger partial charge in [-0.05, 0) is 57.3 Å². The Hall–Kier alpha value is -0.560. The summed E-state index contributed by atoms with van der Waals surface area (Å²) >= 11 is 10.1. The summed E-state index contributed by atoms with van der Waals surface area (Å²) in [6, 6.07) is 3.37. The highest BCUT2D eigenvalue weighted by Gasteiger charge is 2.35. The molecule has 24 heavy (non-hydrogen) atoms. The predicted octanol–water partition coefficient (Wildman–Crippen LogP) is 4.42. The molecule has 2 heterocycles. The molecule has 0 saturated heterocycles. The standard InChI is InChI=1S/C14H9ClF3I2N3O/c15-10-7(2-1-3-8(10)14(16,17)18)13(24)22-4-5-23-9(6-22)21-11(19)12(23)20/h1-3H,4-6H2. The van der Waals surface area contributed by atoms with Crippen LogP contribution in [0.4, 0.5) is 13.2 Å². The van der Waals surface area contributed by atoms with Crippen molar-refractivity contribution in [2.24, 2.45) is 0 Å². The van der Waals surface area contributed by atoms with Gasteiger partial charge in [-0.25, -0.2) is 4.98 Å². The molecule has 1 aliphatic heterocycles. The second kappa shape index (κ2) is 6.63. The average Bonchev–Trinajstić information content (AvgIpc) is 2.80. The van der Waals surface area contributed by atoms with Crippen molar-refractivity contribution in [1.82, 2.24) is 14.5 Å². The van der Waals surface area contributed by atoms with Crippen LogP contribution in [0.15, 0.2) is 18.2 Å². The van der Waals surface area contributed by atoms with Crippen molar-refractivity contribution < 1.29 is 18.0 Å². The van der Waals surface area contributed by atoms with Crippen molar-refractivity contribution in [2.45, 2.75) is 19.3 Å². The molecule has 0 aliphatic carbocycles. The van der Waals surface area contributed by atoms with E-state index >= 15 is 0 Å². The third-order valence-corrected chi connectivity index (χ3v) is 6.98. The minimum Gasteiger partial charge on any atom is -0.329 e. The van der Waals surface area contributed by atoms with Gasteiger partial charge in [0.2, 0.25) is 0 Å². The fraction of sp³-hybridized carbons (Fsp3) is 0.286. The molecule has 1 amide bonds. The van der Waals surface area contributed by atoms with Crippen LogP contribution in [0.3, 0.4) is 0 Å². The molecule has 1 aromatic heterocycles. The largest absolute Gasteiger partial charge is 0.417 e. The smallest absolute Gasteiger partial charge is 0.329 e. The molecule has 0 saturated carbocycles. The van der Waals surface area contributed by atoms with Crippen LogP contribution in [-0.2, 0) is 19.3 Å². The minimum absolute atomic E-state index is 0.143. The zero-order chi connectivity index (χ0) is 17.6. The van der Waals surface area contributed by atoms with Gasteiger partial charge in [0, 0.05) is 13.1 Å². The van der Waals surface area contributed by atoms with Gasteiger partial charge in [0.25, 0.3) is 5.91 Å². The highest BCUT2D eigenvalue weighted by Crippen LogP contribution is 2.36. The number of benzene rings is 1. The monoisotopic (exact) mass is 581 g/mol. The van der Waals surface area contributed by atoms with E-state index < -0.39 is 22.7 Å². The second-order valence-corrected chi connectivity index (χ2v) is 7.57. The summed E-state index contributed by atoms with van der Waals surface area (Å²) in [5, 5.41) is -0.562. The average molecular weight is 582 g/mol. The maximum absolute atomic E-state index is 13.0. The Bertz CT molecular complexity index is 822. The van der Waals surface area contributed by atoms with Gasteiger partial charge >= 0.3 is 6.18 Å². The van der Waals surface area contributed by atoms with Crippen LogP contribution in [0, 0.1) is 7.40 Å². The molecule has 0 unspecified atom stereocenters. The Kier molecular flexibility index (Phi) is 5.04. The normalized spacial score (nSPS) is 14.7. The molecular weight excluding hydrogens is 572 g/mol. The molecule has 0 N–H and O–H groups in total. The van der Waals surface area contributed by atoms with E-state index in [2.05, 4.69) is 50.2 Å². The van der Waals surface area contributed by atoms with Crippen molar-refractivity contribution in [2.75, 3.05) is 6.54 Å². The predicted molar refractivity (Wildman–Crippen MR) is 98.9 cm³/mol. The van der Waals surface area contributed by atoms with Crippen LogP contribution >= 0.6 is 56.8 Å². The van der Waals surface area contributed by atoms with Crippen molar-refractivity contribution in [1.29, 1.82) is 0 Å². The number of alkyl halides is 3. The quantitative estimate of drug-likeness (QED) is 0.468. The number of imidazole rings is 1. The fourth-order valence-corrected chi connectivity index (χ4v) is 4.05.